The minimum absolute atomic E-state index is 0.0132. The number of hydrogen-bond donors (Lipinski definition) is 2. The largest absolute Gasteiger partial charge is 0.497 e. The molecule has 69 heavy (non-hydrogen) atoms. The Morgan fingerprint density at radius 2 is 1.32 bits per heavy atom. The van der Waals surface area contributed by atoms with Gasteiger partial charge in [0, 0.05) is 38.1 Å². The van der Waals surface area contributed by atoms with Crippen molar-refractivity contribution in [3.8, 4) is 39.8 Å². The van der Waals surface area contributed by atoms with Gasteiger partial charge < -0.3 is 34.2 Å². The number of aromatic nitrogens is 4. The zero-order valence-corrected chi connectivity index (χ0v) is 41.1. The fraction of sp³-hybridized carbons (Fsp3) is 0.396. The van der Waals surface area contributed by atoms with E-state index in [0.717, 1.165) is 53.7 Å². The second-order valence-electron chi connectivity index (χ2n) is 19.1. The van der Waals surface area contributed by atoms with Gasteiger partial charge in [-0.2, -0.15) is 9.10 Å². The van der Waals surface area contributed by atoms with Gasteiger partial charge in [0.05, 0.1) is 44.9 Å². The Labute approximate surface area is 405 Å². The summed E-state index contributed by atoms with van der Waals surface area (Å²) in [6, 6.07) is 34.2. The number of benzene rings is 5. The van der Waals surface area contributed by atoms with Crippen molar-refractivity contribution < 1.29 is 37.6 Å². The van der Waals surface area contributed by atoms with E-state index >= 15 is 8.42 Å². The molecule has 0 aliphatic carbocycles. The molecule has 364 valence electrons. The number of β-amino-alcohol motifs (C(OH)–C–C–N with tert-alkyl or cyclic N) is 1. The molecule has 0 saturated carbocycles. The quantitative estimate of drug-likeness (QED) is 0.0847. The Kier molecular flexibility index (Phi) is 15.0. The molecular formula is C53H63N7O8S. The maximum Gasteiger partial charge on any atom is 0.407 e. The summed E-state index contributed by atoms with van der Waals surface area (Å²) in [6.07, 6.45) is 1.23. The maximum atomic E-state index is 16.2. The highest BCUT2D eigenvalue weighted by Gasteiger charge is 2.49. The minimum Gasteiger partial charge on any atom is -0.497 e. The lowest BCUT2D eigenvalue weighted by molar-refractivity contribution is -0.00161. The van der Waals surface area contributed by atoms with Crippen molar-refractivity contribution in [1.29, 1.82) is 0 Å². The first-order chi connectivity index (χ1) is 33.2. The maximum absolute atomic E-state index is 16.2. The van der Waals surface area contributed by atoms with Gasteiger partial charge in [-0.1, -0.05) is 93.6 Å². The van der Waals surface area contributed by atoms with Crippen LogP contribution in [0.3, 0.4) is 0 Å². The molecule has 2 fully saturated rings. The lowest BCUT2D eigenvalue weighted by Crippen LogP contribution is -2.62. The predicted molar refractivity (Wildman–Crippen MR) is 264 cm³/mol. The number of ether oxygens (including phenoxy) is 3. The zero-order valence-electron chi connectivity index (χ0n) is 40.3. The highest BCUT2D eigenvalue weighted by Crippen LogP contribution is 2.46. The van der Waals surface area contributed by atoms with Gasteiger partial charge >= 0.3 is 6.09 Å². The highest BCUT2D eigenvalue weighted by atomic mass is 32.2. The van der Waals surface area contributed by atoms with Crippen LogP contribution in [0.4, 0.5) is 4.79 Å². The number of piperidine rings is 1. The first kappa shape index (κ1) is 49.1. The fourth-order valence-corrected chi connectivity index (χ4v) is 11.7. The average molecular weight is 958 g/mol. The van der Waals surface area contributed by atoms with E-state index in [2.05, 4.69) is 36.0 Å². The molecule has 2 atom stereocenters. The minimum atomic E-state index is -4.42. The van der Waals surface area contributed by atoms with E-state index in [4.69, 9.17) is 19.3 Å². The zero-order chi connectivity index (χ0) is 48.9. The molecule has 16 heteroatoms. The first-order valence-corrected chi connectivity index (χ1v) is 24.9. The van der Waals surface area contributed by atoms with Crippen LogP contribution in [0.5, 0.6) is 17.2 Å². The van der Waals surface area contributed by atoms with Crippen molar-refractivity contribution in [2.24, 2.45) is 11.3 Å². The SMILES string of the molecule is COc1ccc(CN(Cc2ccc(OC)cc2)S(=O)(=O)c2c(CC3CCN(CCO)CC3)ccc(-c3ccc(C4CN(C(=O)O)C4C(C)(C)C)cc3)c2-c2nnn(Cc3ccc(OC)cc3)n2)cc1. The summed E-state index contributed by atoms with van der Waals surface area (Å²) >= 11 is 0. The summed E-state index contributed by atoms with van der Waals surface area (Å²) < 4.78 is 50.3. The van der Waals surface area contributed by atoms with Crippen LogP contribution in [0.1, 0.15) is 67.3 Å². The molecule has 0 radical (unpaired) electrons. The first-order valence-electron chi connectivity index (χ1n) is 23.4. The molecule has 5 aromatic carbocycles. The molecule has 2 aliphatic rings. The molecule has 1 aromatic heterocycles. The van der Waals surface area contributed by atoms with Crippen LogP contribution in [-0.2, 0) is 36.1 Å². The molecule has 8 rings (SSSR count). The van der Waals surface area contributed by atoms with Crippen molar-refractivity contribution >= 4 is 16.1 Å². The van der Waals surface area contributed by atoms with Gasteiger partial charge in [-0.05, 0) is 124 Å². The molecule has 15 nitrogen and oxygen atoms in total. The number of carboxylic acid groups (broad SMARTS) is 1. The third-order valence-corrected chi connectivity index (χ3v) is 15.5. The van der Waals surface area contributed by atoms with Gasteiger partial charge in [0.2, 0.25) is 15.8 Å². The monoisotopic (exact) mass is 957 g/mol. The van der Waals surface area contributed by atoms with E-state index in [-0.39, 0.29) is 60.3 Å². The Hall–Kier alpha value is -6.33. The van der Waals surface area contributed by atoms with Crippen molar-refractivity contribution in [3.05, 3.63) is 137 Å². The van der Waals surface area contributed by atoms with Gasteiger partial charge in [0.1, 0.15) is 17.2 Å². The topological polar surface area (TPSA) is 173 Å². The molecule has 2 aliphatic heterocycles. The smallest absolute Gasteiger partial charge is 0.407 e. The van der Waals surface area contributed by atoms with Gasteiger partial charge in [-0.3, -0.25) is 0 Å². The number of tetrazole rings is 1. The summed E-state index contributed by atoms with van der Waals surface area (Å²) in [5.74, 6) is 2.36. The molecule has 2 N–H and O–H groups in total. The lowest BCUT2D eigenvalue weighted by atomic mass is 9.69. The summed E-state index contributed by atoms with van der Waals surface area (Å²) in [7, 11) is 0.393. The molecule has 2 saturated heterocycles. The summed E-state index contributed by atoms with van der Waals surface area (Å²) in [5.41, 5.74) is 5.53. The molecular weight excluding hydrogens is 895 g/mol. The van der Waals surface area contributed by atoms with Crippen molar-refractivity contribution in [3.63, 3.8) is 0 Å². The van der Waals surface area contributed by atoms with Gasteiger partial charge in [-0.15, -0.1) is 10.2 Å². The molecule has 2 unspecified atom stereocenters. The highest BCUT2D eigenvalue weighted by molar-refractivity contribution is 7.89. The lowest BCUT2D eigenvalue weighted by Gasteiger charge is -2.53. The molecule has 1 amide bonds. The van der Waals surface area contributed by atoms with E-state index in [1.54, 1.807) is 21.3 Å². The van der Waals surface area contributed by atoms with E-state index in [9.17, 15) is 15.0 Å². The predicted octanol–water partition coefficient (Wildman–Crippen LogP) is 8.21. The molecule has 3 heterocycles. The fourth-order valence-electron chi connectivity index (χ4n) is 9.91. The average Bonchev–Trinajstić information content (AvgIpc) is 3.80. The Morgan fingerprint density at radius 1 is 0.768 bits per heavy atom. The second-order valence-corrected chi connectivity index (χ2v) is 21.0. The van der Waals surface area contributed by atoms with E-state index in [1.165, 1.54) is 14.0 Å². The number of methoxy groups -OCH3 is 3. The third-order valence-electron chi connectivity index (χ3n) is 13.6. The van der Waals surface area contributed by atoms with Crippen molar-refractivity contribution in [1.82, 2.24) is 34.3 Å². The van der Waals surface area contributed by atoms with Crippen LogP contribution in [0.25, 0.3) is 22.5 Å². The summed E-state index contributed by atoms with van der Waals surface area (Å²) in [6.45, 7) is 9.23. The number of carbonyl (C=O) groups is 1. The Morgan fingerprint density at radius 3 is 1.83 bits per heavy atom. The number of rotatable bonds is 18. The number of sulfonamides is 1. The molecule has 0 spiro atoms. The van der Waals surface area contributed by atoms with Gasteiger partial charge in [0.25, 0.3) is 0 Å². The third kappa shape index (κ3) is 11.1. The Balaban J connectivity index is 1.30. The van der Waals surface area contributed by atoms with Gasteiger partial charge in [0.15, 0.2) is 0 Å². The number of nitrogens with zero attached hydrogens (tertiary/aromatic N) is 7. The van der Waals surface area contributed by atoms with Crippen LogP contribution in [0.15, 0.2) is 114 Å². The van der Waals surface area contributed by atoms with Crippen LogP contribution >= 0.6 is 0 Å². The number of amides is 1. The second kappa shape index (κ2) is 21.1. The number of aliphatic hydroxyl groups excluding tert-OH is 1. The number of likely N-dealkylation sites (tertiary alicyclic amines) is 2. The van der Waals surface area contributed by atoms with Crippen LogP contribution < -0.4 is 14.2 Å². The molecule has 6 aromatic rings. The van der Waals surface area contributed by atoms with E-state index < -0.39 is 16.1 Å². The number of hydrogen-bond acceptors (Lipinski definition) is 11. The van der Waals surface area contributed by atoms with E-state index in [0.29, 0.717) is 53.4 Å². The van der Waals surface area contributed by atoms with Crippen LogP contribution in [0, 0.1) is 11.3 Å². The number of aliphatic hydroxyl groups is 1. The molecule has 0 bridgehead atoms. The van der Waals surface area contributed by atoms with Crippen LogP contribution in [-0.4, -0.2) is 119 Å². The summed E-state index contributed by atoms with van der Waals surface area (Å²) in [4.78, 5) is 17.6. The van der Waals surface area contributed by atoms with Crippen LogP contribution in [0.2, 0.25) is 0 Å². The Bertz CT molecular complexity index is 2740. The summed E-state index contributed by atoms with van der Waals surface area (Å²) in [5, 5.41) is 33.8. The normalized spacial score (nSPS) is 16.9. The van der Waals surface area contributed by atoms with Crippen molar-refractivity contribution in [2.75, 3.05) is 54.1 Å². The van der Waals surface area contributed by atoms with Gasteiger partial charge in [-0.25, -0.2) is 13.2 Å². The standard InChI is InChI=1S/C53H63N7O8S/c1-53(2,3)50-47(35-59(50)52(62)63)41-15-13-40(14-16-41)46-24-17-42(31-36-25-27-57(28-26-36)29-30-61)49(48(46)51-54-56-60(55-51)34-39-11-22-45(68-6)23-12-39)69(64,65)58(32-37-7-18-43(66-4)19-8-37)33-38-9-20-44(67-5)21-10-38/h7-24,36,47,50,61H,25-35H2,1-6H3,(H,62,63). The van der Waals surface area contributed by atoms with Crippen molar-refractivity contribution in [2.45, 2.75) is 76.5 Å². The van der Waals surface area contributed by atoms with E-state index in [1.807, 2.05) is 109 Å².